The van der Waals surface area contributed by atoms with Crippen molar-refractivity contribution in [2.45, 2.75) is 57.3 Å². The molecule has 0 heterocycles. The number of aliphatic hydroxyl groups excluding tert-OH is 2. The van der Waals surface area contributed by atoms with Gasteiger partial charge in [-0.2, -0.15) is 0 Å². The van der Waals surface area contributed by atoms with Gasteiger partial charge < -0.3 is 0 Å². The molecular weight excluding hydrogens is 295 g/mol. The molecule has 15 heavy (non-hydrogen) atoms. The molecule has 0 aliphatic carbocycles. The van der Waals surface area contributed by atoms with Gasteiger partial charge in [-0.05, 0) is 0 Å². The van der Waals surface area contributed by atoms with Crippen molar-refractivity contribution < 1.29 is 10.2 Å². The standard InChI is InChI=1S/2C4H9.2C2H5O.Sn/c2*1-3-4-2;2*1-2-3;/h2*1,3-4H2,2H3;2*3H,1-2H2;. The monoisotopic (exact) mass is 324 g/mol. The van der Waals surface area contributed by atoms with Gasteiger partial charge in [-0.3, -0.25) is 0 Å². The molecule has 0 aromatic rings. The second-order valence-corrected chi connectivity index (χ2v) is 18.9. The third kappa shape index (κ3) is 6.80. The molecule has 0 radical (unpaired) electrons. The Hall–Kier alpha value is 0.719. The second kappa shape index (κ2) is 9.91. The van der Waals surface area contributed by atoms with Crippen LogP contribution in [0.5, 0.6) is 0 Å². The van der Waals surface area contributed by atoms with E-state index in [0.717, 1.165) is 8.87 Å². The normalized spacial score (nSPS) is 12.0. The first-order chi connectivity index (χ1) is 7.24. The van der Waals surface area contributed by atoms with E-state index < -0.39 is 18.4 Å². The first kappa shape index (κ1) is 15.7. The molecule has 0 saturated heterocycles. The van der Waals surface area contributed by atoms with E-state index in [0.29, 0.717) is 13.2 Å². The molecule has 0 rings (SSSR count). The fraction of sp³-hybridized carbons (Fsp3) is 1.00. The van der Waals surface area contributed by atoms with Crippen LogP contribution in [0.1, 0.15) is 39.5 Å². The van der Waals surface area contributed by atoms with Gasteiger partial charge >= 0.3 is 99.1 Å². The summed E-state index contributed by atoms with van der Waals surface area (Å²) in [6.45, 7) is 5.16. The van der Waals surface area contributed by atoms with Gasteiger partial charge in [0.1, 0.15) is 0 Å². The fourth-order valence-electron chi connectivity index (χ4n) is 2.33. The molecule has 3 heteroatoms. The summed E-state index contributed by atoms with van der Waals surface area (Å²) in [5.74, 6) is 0. The molecule has 2 nitrogen and oxygen atoms in total. The summed E-state index contributed by atoms with van der Waals surface area (Å²) >= 11 is -2.13. The van der Waals surface area contributed by atoms with Crippen LogP contribution in [0, 0.1) is 0 Å². The Bertz CT molecular complexity index is 124. The van der Waals surface area contributed by atoms with Crippen molar-refractivity contribution in [1.82, 2.24) is 0 Å². The van der Waals surface area contributed by atoms with Crippen LogP contribution in [-0.4, -0.2) is 41.8 Å². The third-order valence-electron chi connectivity index (χ3n) is 3.41. The van der Waals surface area contributed by atoms with Crippen molar-refractivity contribution in [2.24, 2.45) is 0 Å². The van der Waals surface area contributed by atoms with Crippen molar-refractivity contribution in [3.63, 3.8) is 0 Å². The average molecular weight is 323 g/mol. The van der Waals surface area contributed by atoms with Gasteiger partial charge in [0.2, 0.25) is 0 Å². The summed E-state index contributed by atoms with van der Waals surface area (Å²) in [5, 5.41) is 18.4. The van der Waals surface area contributed by atoms with Crippen molar-refractivity contribution in [3.05, 3.63) is 0 Å². The van der Waals surface area contributed by atoms with E-state index in [9.17, 15) is 10.2 Å². The molecule has 0 unspecified atom stereocenters. The van der Waals surface area contributed by atoms with Gasteiger partial charge in [-0.15, -0.1) is 0 Å². The van der Waals surface area contributed by atoms with Crippen molar-refractivity contribution in [1.29, 1.82) is 0 Å². The van der Waals surface area contributed by atoms with Crippen LogP contribution in [0.15, 0.2) is 0 Å². The first-order valence-electron chi connectivity index (χ1n) is 6.46. The van der Waals surface area contributed by atoms with Crippen molar-refractivity contribution in [2.75, 3.05) is 13.2 Å². The minimum atomic E-state index is -2.13. The van der Waals surface area contributed by atoms with E-state index in [2.05, 4.69) is 13.8 Å². The zero-order valence-electron chi connectivity index (χ0n) is 10.5. The summed E-state index contributed by atoms with van der Waals surface area (Å²) in [4.78, 5) is 0. The predicted molar refractivity (Wildman–Crippen MR) is 69.0 cm³/mol. The Balaban J connectivity index is 4.26. The molecule has 0 fully saturated rings. The quantitative estimate of drug-likeness (QED) is 0.607. The minimum absolute atomic E-state index is 0.351. The Morgan fingerprint density at radius 3 is 1.40 bits per heavy atom. The number of hydrogen-bond donors (Lipinski definition) is 2. The zero-order chi connectivity index (χ0) is 11.6. The van der Waals surface area contributed by atoms with Crippen LogP contribution in [0.3, 0.4) is 0 Å². The van der Waals surface area contributed by atoms with E-state index in [1.165, 1.54) is 34.6 Å². The molecule has 0 amide bonds. The third-order valence-corrected chi connectivity index (χ3v) is 18.8. The van der Waals surface area contributed by atoms with Crippen molar-refractivity contribution >= 4 is 18.4 Å². The van der Waals surface area contributed by atoms with Crippen molar-refractivity contribution in [3.8, 4) is 0 Å². The van der Waals surface area contributed by atoms with Crippen LogP contribution in [0.25, 0.3) is 0 Å². The first-order valence-corrected chi connectivity index (χ1v) is 14.5. The Morgan fingerprint density at radius 1 is 0.733 bits per heavy atom. The molecule has 92 valence electrons. The molecule has 0 saturated carbocycles. The summed E-state index contributed by atoms with van der Waals surface area (Å²) < 4.78 is 4.86. The van der Waals surface area contributed by atoms with Crippen LogP contribution in [0.4, 0.5) is 0 Å². The Morgan fingerprint density at radius 2 is 1.13 bits per heavy atom. The van der Waals surface area contributed by atoms with Gasteiger partial charge in [0.05, 0.1) is 0 Å². The molecule has 2 N–H and O–H groups in total. The van der Waals surface area contributed by atoms with Gasteiger partial charge in [0.25, 0.3) is 0 Å². The van der Waals surface area contributed by atoms with E-state index in [-0.39, 0.29) is 0 Å². The molecular formula is C12H28O2Sn. The Kier molecular flexibility index (Phi) is 10.4. The average Bonchev–Trinajstić information content (AvgIpc) is 2.24. The van der Waals surface area contributed by atoms with Crippen LogP contribution in [0.2, 0.25) is 17.7 Å². The Labute approximate surface area is 99.0 Å². The summed E-state index contributed by atoms with van der Waals surface area (Å²) in [7, 11) is 0. The summed E-state index contributed by atoms with van der Waals surface area (Å²) in [6.07, 6.45) is 5.11. The molecule has 0 aliphatic rings. The van der Waals surface area contributed by atoms with E-state index in [1.54, 1.807) is 0 Å². The maximum atomic E-state index is 9.20. The molecule has 0 aromatic heterocycles. The summed E-state index contributed by atoms with van der Waals surface area (Å²) in [6, 6.07) is 0. The SMILES string of the molecule is CCC[CH2][Sn]([CH2]CO)([CH2]CO)[CH2]CCC. The van der Waals surface area contributed by atoms with Gasteiger partial charge in [-0.25, -0.2) is 0 Å². The maximum absolute atomic E-state index is 9.20. The number of aliphatic hydroxyl groups is 2. The molecule has 0 aromatic carbocycles. The molecule has 0 atom stereocenters. The number of unbranched alkanes of at least 4 members (excludes halogenated alkanes) is 2. The molecule has 0 bridgehead atoms. The van der Waals surface area contributed by atoms with E-state index in [4.69, 9.17) is 0 Å². The van der Waals surface area contributed by atoms with E-state index in [1.807, 2.05) is 0 Å². The molecule has 0 aliphatic heterocycles. The predicted octanol–water partition coefficient (Wildman–Crippen LogP) is 3.02. The van der Waals surface area contributed by atoms with E-state index >= 15 is 0 Å². The van der Waals surface area contributed by atoms with Gasteiger partial charge in [0, 0.05) is 0 Å². The number of hydrogen-bond acceptors (Lipinski definition) is 2. The second-order valence-electron chi connectivity index (χ2n) is 4.65. The number of rotatable bonds is 10. The fourth-order valence-corrected chi connectivity index (χ4v) is 15.6. The summed E-state index contributed by atoms with van der Waals surface area (Å²) in [5.41, 5.74) is 0. The van der Waals surface area contributed by atoms with Crippen LogP contribution in [-0.2, 0) is 0 Å². The van der Waals surface area contributed by atoms with Gasteiger partial charge in [-0.1, -0.05) is 0 Å². The van der Waals surface area contributed by atoms with Crippen LogP contribution < -0.4 is 0 Å². The van der Waals surface area contributed by atoms with Crippen LogP contribution >= 0.6 is 0 Å². The zero-order valence-corrected chi connectivity index (χ0v) is 13.3. The van der Waals surface area contributed by atoms with Gasteiger partial charge in [0.15, 0.2) is 0 Å². The molecule has 0 spiro atoms. The topological polar surface area (TPSA) is 40.5 Å².